The minimum Gasteiger partial charge on any atom is -0.465 e. The number of carbonyl (C=O) groups excluding carboxylic acids is 1. The first-order valence-electron chi connectivity index (χ1n) is 7.63. The molecule has 118 valence electrons. The quantitative estimate of drug-likeness (QED) is 0.911. The number of carboxylic acid groups (broad SMARTS) is 1. The number of hydrogen-bond acceptors (Lipinski definition) is 3. The van der Waals surface area contributed by atoms with Crippen molar-refractivity contribution in [3.63, 3.8) is 0 Å². The molecule has 2 amide bonds. The average molecular weight is 304 g/mol. The van der Waals surface area contributed by atoms with Crippen LogP contribution in [0.2, 0.25) is 0 Å². The van der Waals surface area contributed by atoms with Crippen molar-refractivity contribution in [2.24, 2.45) is 0 Å². The number of rotatable bonds is 2. The van der Waals surface area contributed by atoms with Crippen molar-refractivity contribution < 1.29 is 19.4 Å². The lowest BCUT2D eigenvalue weighted by Crippen LogP contribution is -2.52. The molecule has 0 aromatic heterocycles. The number of benzene rings is 1. The summed E-state index contributed by atoms with van der Waals surface area (Å²) in [6, 6.07) is 9.41. The third kappa shape index (κ3) is 2.86. The fourth-order valence-corrected chi connectivity index (χ4v) is 3.45. The molecular weight excluding hydrogens is 284 g/mol. The summed E-state index contributed by atoms with van der Waals surface area (Å²) in [7, 11) is 0. The molecule has 1 N–H and O–H groups in total. The van der Waals surface area contributed by atoms with Gasteiger partial charge in [0.15, 0.2) is 0 Å². The minimum atomic E-state index is -0.896. The van der Waals surface area contributed by atoms with E-state index in [1.165, 1.54) is 4.90 Å². The molecule has 3 rings (SSSR count). The Morgan fingerprint density at radius 1 is 1.09 bits per heavy atom. The van der Waals surface area contributed by atoms with Crippen molar-refractivity contribution in [3.05, 3.63) is 35.9 Å². The molecule has 2 unspecified atom stereocenters. The van der Waals surface area contributed by atoms with Crippen LogP contribution in [0.25, 0.3) is 0 Å². The van der Waals surface area contributed by atoms with E-state index in [4.69, 9.17) is 4.74 Å². The maximum Gasteiger partial charge on any atom is 0.410 e. The molecule has 0 spiro atoms. The molecule has 2 heterocycles. The van der Waals surface area contributed by atoms with E-state index >= 15 is 0 Å². The topological polar surface area (TPSA) is 70.1 Å². The lowest BCUT2D eigenvalue weighted by Gasteiger charge is -2.38. The molecular formula is C16H20N2O4. The van der Waals surface area contributed by atoms with E-state index < -0.39 is 6.09 Å². The molecule has 2 fully saturated rings. The second kappa shape index (κ2) is 6.25. The van der Waals surface area contributed by atoms with E-state index in [0.717, 1.165) is 18.4 Å². The fourth-order valence-electron chi connectivity index (χ4n) is 3.45. The Balaban J connectivity index is 1.62. The van der Waals surface area contributed by atoms with Gasteiger partial charge in [-0.25, -0.2) is 9.59 Å². The van der Waals surface area contributed by atoms with Crippen molar-refractivity contribution in [1.29, 1.82) is 0 Å². The molecule has 6 nitrogen and oxygen atoms in total. The molecule has 0 radical (unpaired) electrons. The SMILES string of the molecule is O=C(O)N1CCC2C1CCCN2C(=O)OCc1ccccc1. The van der Waals surface area contributed by atoms with Crippen molar-refractivity contribution in [2.45, 2.75) is 38.0 Å². The van der Waals surface area contributed by atoms with Crippen LogP contribution < -0.4 is 0 Å². The molecule has 1 aromatic carbocycles. The van der Waals surface area contributed by atoms with Gasteiger partial charge in [-0.15, -0.1) is 0 Å². The summed E-state index contributed by atoms with van der Waals surface area (Å²) >= 11 is 0. The first-order chi connectivity index (χ1) is 10.7. The van der Waals surface area contributed by atoms with Gasteiger partial charge in [0.2, 0.25) is 0 Å². The zero-order valence-electron chi connectivity index (χ0n) is 12.4. The summed E-state index contributed by atoms with van der Waals surface area (Å²) in [5, 5.41) is 9.22. The van der Waals surface area contributed by atoms with Gasteiger partial charge in [0.05, 0.1) is 12.1 Å². The first-order valence-corrected chi connectivity index (χ1v) is 7.63. The predicted octanol–water partition coefficient (Wildman–Crippen LogP) is 2.54. The summed E-state index contributed by atoms with van der Waals surface area (Å²) in [6.45, 7) is 1.38. The van der Waals surface area contributed by atoms with Crippen molar-refractivity contribution >= 4 is 12.2 Å². The number of likely N-dealkylation sites (tertiary alicyclic amines) is 2. The highest BCUT2D eigenvalue weighted by molar-refractivity contribution is 5.70. The Bertz CT molecular complexity index is 548. The van der Waals surface area contributed by atoms with Gasteiger partial charge in [-0.2, -0.15) is 0 Å². The van der Waals surface area contributed by atoms with Crippen molar-refractivity contribution in [2.75, 3.05) is 13.1 Å². The molecule has 0 bridgehead atoms. The summed E-state index contributed by atoms with van der Waals surface area (Å²) in [5.74, 6) is 0. The van der Waals surface area contributed by atoms with Crippen LogP contribution in [0.15, 0.2) is 30.3 Å². The lowest BCUT2D eigenvalue weighted by atomic mass is 9.97. The van der Waals surface area contributed by atoms with Gasteiger partial charge in [-0.3, -0.25) is 0 Å². The van der Waals surface area contributed by atoms with Gasteiger partial charge >= 0.3 is 12.2 Å². The summed E-state index contributed by atoms with van der Waals surface area (Å²) in [5.41, 5.74) is 0.947. The number of piperidine rings is 1. The van der Waals surface area contributed by atoms with E-state index in [2.05, 4.69) is 0 Å². The summed E-state index contributed by atoms with van der Waals surface area (Å²) in [6.07, 6.45) is 1.08. The van der Waals surface area contributed by atoms with Crippen molar-refractivity contribution in [3.8, 4) is 0 Å². The zero-order valence-corrected chi connectivity index (χ0v) is 12.4. The molecule has 2 aliphatic rings. The second-order valence-electron chi connectivity index (χ2n) is 5.78. The van der Waals surface area contributed by atoms with E-state index in [1.807, 2.05) is 30.3 Å². The standard InChI is InChI=1S/C16H20N2O4/c19-15(20)17-10-8-14-13(17)7-4-9-18(14)16(21)22-11-12-5-2-1-3-6-12/h1-3,5-6,13-14H,4,7-11H2,(H,19,20). The zero-order chi connectivity index (χ0) is 15.5. The van der Waals surface area contributed by atoms with Crippen molar-refractivity contribution in [1.82, 2.24) is 9.80 Å². The van der Waals surface area contributed by atoms with E-state index in [-0.39, 0.29) is 24.8 Å². The number of ether oxygens (including phenoxy) is 1. The van der Waals surface area contributed by atoms with Gasteiger partial charge in [-0.1, -0.05) is 30.3 Å². The highest BCUT2D eigenvalue weighted by Gasteiger charge is 2.44. The number of fused-ring (bicyclic) bond motifs is 1. The normalized spacial score (nSPS) is 24.0. The second-order valence-corrected chi connectivity index (χ2v) is 5.78. The van der Waals surface area contributed by atoms with Crippen LogP contribution in [0.5, 0.6) is 0 Å². The highest BCUT2D eigenvalue weighted by Crippen LogP contribution is 2.31. The Morgan fingerprint density at radius 3 is 2.55 bits per heavy atom. The maximum absolute atomic E-state index is 12.3. The number of amides is 2. The van der Waals surface area contributed by atoms with E-state index in [9.17, 15) is 14.7 Å². The molecule has 2 saturated heterocycles. The monoisotopic (exact) mass is 304 g/mol. The Labute approximate surface area is 129 Å². The van der Waals surface area contributed by atoms with Crippen LogP contribution in [0.3, 0.4) is 0 Å². The van der Waals surface area contributed by atoms with Gasteiger partial charge in [0.1, 0.15) is 6.61 Å². The van der Waals surface area contributed by atoms with Crippen LogP contribution in [0.4, 0.5) is 9.59 Å². The fraction of sp³-hybridized carbons (Fsp3) is 0.500. The summed E-state index contributed by atoms with van der Waals surface area (Å²) < 4.78 is 5.39. The third-order valence-corrected chi connectivity index (χ3v) is 4.49. The van der Waals surface area contributed by atoms with Crippen LogP contribution in [-0.2, 0) is 11.3 Å². The first kappa shape index (κ1) is 14.7. The van der Waals surface area contributed by atoms with E-state index in [1.54, 1.807) is 4.90 Å². The third-order valence-electron chi connectivity index (χ3n) is 4.49. The Hall–Kier alpha value is -2.24. The Kier molecular flexibility index (Phi) is 4.18. The lowest BCUT2D eigenvalue weighted by molar-refractivity contribution is 0.0522. The highest BCUT2D eigenvalue weighted by atomic mass is 16.6. The van der Waals surface area contributed by atoms with Gasteiger partial charge in [0, 0.05) is 13.1 Å². The van der Waals surface area contributed by atoms with Crippen LogP contribution in [0, 0.1) is 0 Å². The molecule has 0 aliphatic carbocycles. The van der Waals surface area contributed by atoms with Crippen LogP contribution >= 0.6 is 0 Å². The summed E-state index contributed by atoms with van der Waals surface area (Å²) in [4.78, 5) is 26.7. The van der Waals surface area contributed by atoms with Gasteiger partial charge < -0.3 is 19.6 Å². The smallest absolute Gasteiger partial charge is 0.410 e. The van der Waals surface area contributed by atoms with E-state index in [0.29, 0.717) is 19.5 Å². The predicted molar refractivity (Wildman–Crippen MR) is 79.5 cm³/mol. The molecule has 6 heteroatoms. The number of hydrogen-bond donors (Lipinski definition) is 1. The molecule has 2 atom stereocenters. The number of nitrogens with zero attached hydrogens (tertiary/aromatic N) is 2. The molecule has 22 heavy (non-hydrogen) atoms. The Morgan fingerprint density at radius 2 is 1.82 bits per heavy atom. The van der Waals surface area contributed by atoms with Crippen LogP contribution in [0.1, 0.15) is 24.8 Å². The molecule has 0 saturated carbocycles. The van der Waals surface area contributed by atoms with Gasteiger partial charge in [0.25, 0.3) is 0 Å². The largest absolute Gasteiger partial charge is 0.465 e. The van der Waals surface area contributed by atoms with Crippen LogP contribution in [-0.4, -0.2) is 52.3 Å². The van der Waals surface area contributed by atoms with Gasteiger partial charge in [-0.05, 0) is 24.8 Å². The maximum atomic E-state index is 12.3. The minimum absolute atomic E-state index is 0.0480. The average Bonchev–Trinajstić information content (AvgIpc) is 2.97. The molecule has 2 aliphatic heterocycles. The molecule has 1 aromatic rings. The number of carbonyl (C=O) groups is 2.